The number of aliphatic carboxylic acids is 1. The number of aryl methyl sites for hydroxylation is 1. The molecule has 0 fully saturated rings. The number of amides is 1. The van der Waals surface area contributed by atoms with E-state index in [-0.39, 0.29) is 34.7 Å². The van der Waals surface area contributed by atoms with Crippen LogP contribution in [0.5, 0.6) is 5.75 Å². The molecule has 0 aliphatic heterocycles. The number of nitrogens with one attached hydrogen (secondary N) is 2. The molecule has 11 nitrogen and oxygen atoms in total. The van der Waals surface area contributed by atoms with Gasteiger partial charge in [-0.3, -0.25) is 9.52 Å². The molecule has 3 N–H and O–H groups in total. The molecule has 0 saturated carbocycles. The van der Waals surface area contributed by atoms with Crippen molar-refractivity contribution < 1.29 is 41.0 Å². The summed E-state index contributed by atoms with van der Waals surface area (Å²) in [7, 11) is -3.95. The van der Waals surface area contributed by atoms with Crippen molar-refractivity contribution in [3.63, 3.8) is 0 Å². The van der Waals surface area contributed by atoms with Crippen molar-refractivity contribution in [2.75, 3.05) is 16.6 Å². The van der Waals surface area contributed by atoms with Crippen molar-refractivity contribution in [2.45, 2.75) is 31.3 Å². The summed E-state index contributed by atoms with van der Waals surface area (Å²) >= 11 is 7.38. The average molecular weight is 606 g/mol. The van der Waals surface area contributed by atoms with Gasteiger partial charge in [-0.1, -0.05) is 22.9 Å². The highest BCUT2D eigenvalue weighted by Crippen LogP contribution is 2.35. The quantitative estimate of drug-likeness (QED) is 0.240. The van der Waals surface area contributed by atoms with E-state index in [1.165, 1.54) is 48.7 Å². The number of pyridine rings is 1. The Bertz CT molecular complexity index is 1490. The van der Waals surface area contributed by atoms with Crippen LogP contribution in [0.4, 0.5) is 24.0 Å². The molecule has 208 valence electrons. The molecule has 1 aromatic carbocycles. The predicted molar refractivity (Wildman–Crippen MR) is 136 cm³/mol. The van der Waals surface area contributed by atoms with Gasteiger partial charge in [0.1, 0.15) is 12.4 Å². The topological polar surface area (TPSA) is 171 Å². The van der Waals surface area contributed by atoms with E-state index in [1.54, 1.807) is 13.0 Å². The first-order chi connectivity index (χ1) is 18.1. The Morgan fingerprint density at radius 2 is 1.87 bits per heavy atom. The number of carboxylic acids is 1. The number of hydrogen-bond donors (Lipinski definition) is 3. The number of hydrogen-bond acceptors (Lipinski definition) is 9. The summed E-state index contributed by atoms with van der Waals surface area (Å²) in [5.41, 5.74) is 1.36. The van der Waals surface area contributed by atoms with Crippen molar-refractivity contribution >= 4 is 55.7 Å². The molecule has 17 heteroatoms. The number of halogens is 4. The highest BCUT2D eigenvalue weighted by atomic mass is 35.5. The van der Waals surface area contributed by atoms with Crippen molar-refractivity contribution in [3.05, 3.63) is 47.4 Å². The van der Waals surface area contributed by atoms with E-state index in [2.05, 4.69) is 20.0 Å². The molecule has 0 bridgehead atoms. The Balaban J connectivity index is 0.000000673. The molecular formula is C22H19ClF3N5O6S2. The number of nitrogens with zero attached hydrogens (tertiary/aromatic N) is 3. The summed E-state index contributed by atoms with van der Waals surface area (Å²) in [6, 6.07) is 9.32. The lowest BCUT2D eigenvalue weighted by Gasteiger charge is -2.11. The number of thiazole rings is 1. The van der Waals surface area contributed by atoms with Crippen LogP contribution >= 0.6 is 22.9 Å². The van der Waals surface area contributed by atoms with E-state index >= 15 is 0 Å². The van der Waals surface area contributed by atoms with Crippen LogP contribution in [0, 0.1) is 18.3 Å². The molecule has 0 unspecified atom stereocenters. The lowest BCUT2D eigenvalue weighted by Crippen LogP contribution is -2.21. The molecule has 0 saturated heterocycles. The number of anilines is 2. The van der Waals surface area contributed by atoms with Gasteiger partial charge in [0, 0.05) is 18.7 Å². The number of rotatable bonds is 8. The number of carbonyl (C=O) groups excluding carboxylic acids is 1. The largest absolute Gasteiger partial charge is 0.493 e. The maximum absolute atomic E-state index is 12.8. The van der Waals surface area contributed by atoms with E-state index < -0.39 is 22.2 Å². The molecular weight excluding hydrogens is 587 g/mol. The van der Waals surface area contributed by atoms with Crippen LogP contribution in [0.1, 0.15) is 19.0 Å². The Labute approximate surface area is 229 Å². The molecule has 2 heterocycles. The Kier molecular flexibility index (Phi) is 10.6. The number of carbonyl (C=O) groups is 2. The molecule has 1 amide bonds. The second kappa shape index (κ2) is 13.2. The van der Waals surface area contributed by atoms with E-state index in [4.69, 9.17) is 31.5 Å². The summed E-state index contributed by atoms with van der Waals surface area (Å²) in [6.07, 6.45) is -3.35. The number of aromatic nitrogens is 2. The number of nitriles is 1. The molecule has 0 spiro atoms. The number of alkyl halides is 3. The van der Waals surface area contributed by atoms with Crippen LogP contribution < -0.4 is 14.8 Å². The highest BCUT2D eigenvalue weighted by molar-refractivity contribution is 7.92. The molecule has 39 heavy (non-hydrogen) atoms. The van der Waals surface area contributed by atoms with Gasteiger partial charge in [0.2, 0.25) is 5.91 Å². The van der Waals surface area contributed by atoms with E-state index in [0.29, 0.717) is 22.1 Å². The van der Waals surface area contributed by atoms with Crippen LogP contribution in [0.15, 0.2) is 41.4 Å². The lowest BCUT2D eigenvalue weighted by atomic mass is 10.2. The van der Waals surface area contributed by atoms with Crippen LogP contribution in [0.2, 0.25) is 5.15 Å². The summed E-state index contributed by atoms with van der Waals surface area (Å²) in [5, 5.41) is 18.7. The average Bonchev–Trinajstić information content (AvgIpc) is 3.19. The van der Waals surface area contributed by atoms with Gasteiger partial charge >= 0.3 is 12.1 Å². The van der Waals surface area contributed by atoms with E-state index in [0.717, 1.165) is 4.88 Å². The van der Waals surface area contributed by atoms with E-state index in [9.17, 15) is 26.4 Å². The normalized spacial score (nSPS) is 11.0. The Hall–Kier alpha value is -3.94. The molecule has 0 atom stereocenters. The standard InChI is InChI=1S/C20H18ClN5O4S2.C2HF3O2/c1-12-18(31-20(24-12)25-13(2)27)14-10-17(19(21)23-11-14)26-32(28,29)16-6-4-15(5-7-16)30-9-3-8-22;3-2(4,5)1(6)7/h4-7,10-11,26H,3,9H2,1-2H3,(H,24,25,27);(H,6,7). The van der Waals surface area contributed by atoms with Crippen molar-refractivity contribution in [2.24, 2.45) is 0 Å². The third kappa shape index (κ3) is 9.39. The summed E-state index contributed by atoms with van der Waals surface area (Å²) in [5.74, 6) is -2.54. The van der Waals surface area contributed by atoms with Crippen LogP contribution in [0.3, 0.4) is 0 Å². The van der Waals surface area contributed by atoms with Crippen molar-refractivity contribution in [1.82, 2.24) is 9.97 Å². The molecule has 2 aromatic heterocycles. The zero-order chi connectivity index (χ0) is 29.4. The van der Waals surface area contributed by atoms with Gasteiger partial charge in [0.25, 0.3) is 10.0 Å². The number of carboxylic acid groups (broad SMARTS) is 1. The van der Waals surface area contributed by atoms with Gasteiger partial charge in [0.05, 0.1) is 33.6 Å². The molecule has 3 aromatic rings. The summed E-state index contributed by atoms with van der Waals surface area (Å²) < 4.78 is 65.2. The van der Waals surface area contributed by atoms with E-state index in [1.807, 2.05) is 6.07 Å². The summed E-state index contributed by atoms with van der Waals surface area (Å²) in [6.45, 7) is 3.38. The SMILES string of the molecule is CC(=O)Nc1nc(C)c(-c2cnc(Cl)c(NS(=O)(=O)c3ccc(OCCC#N)cc3)c2)s1.O=C(O)C(F)(F)F. The minimum atomic E-state index is -5.08. The third-order valence-corrected chi connectivity index (χ3v) is 7.09. The van der Waals surface area contributed by atoms with Crippen LogP contribution in [0.25, 0.3) is 10.4 Å². The van der Waals surface area contributed by atoms with Gasteiger partial charge in [0.15, 0.2) is 10.3 Å². The molecule has 0 radical (unpaired) electrons. The Morgan fingerprint density at radius 3 is 2.41 bits per heavy atom. The van der Waals surface area contributed by atoms with Crippen LogP contribution in [-0.4, -0.2) is 48.2 Å². The smallest absolute Gasteiger partial charge is 0.490 e. The van der Waals surface area contributed by atoms with Gasteiger partial charge in [-0.2, -0.15) is 18.4 Å². The number of benzene rings is 1. The van der Waals surface area contributed by atoms with Gasteiger partial charge < -0.3 is 15.2 Å². The fraction of sp³-hybridized carbons (Fsp3) is 0.227. The maximum atomic E-state index is 12.8. The van der Waals surface area contributed by atoms with Crippen molar-refractivity contribution in [1.29, 1.82) is 5.26 Å². The minimum absolute atomic E-state index is 0.00789. The predicted octanol–water partition coefficient (Wildman–Crippen LogP) is 4.85. The second-order valence-electron chi connectivity index (χ2n) is 7.31. The fourth-order valence-corrected chi connectivity index (χ4v) is 4.90. The van der Waals surface area contributed by atoms with Crippen molar-refractivity contribution in [3.8, 4) is 22.3 Å². The molecule has 0 aliphatic rings. The molecule has 0 aliphatic carbocycles. The lowest BCUT2D eigenvalue weighted by molar-refractivity contribution is -0.192. The number of ether oxygens (including phenoxy) is 1. The Morgan fingerprint density at radius 1 is 1.26 bits per heavy atom. The maximum Gasteiger partial charge on any atom is 0.490 e. The first kappa shape index (κ1) is 31.3. The fourth-order valence-electron chi connectivity index (χ4n) is 2.65. The third-order valence-electron chi connectivity index (χ3n) is 4.28. The minimum Gasteiger partial charge on any atom is -0.493 e. The monoisotopic (exact) mass is 605 g/mol. The van der Waals surface area contributed by atoms with Crippen LogP contribution in [-0.2, 0) is 19.6 Å². The zero-order valence-electron chi connectivity index (χ0n) is 20.0. The van der Waals surface area contributed by atoms with Gasteiger partial charge in [-0.05, 0) is 37.3 Å². The van der Waals surface area contributed by atoms with Gasteiger partial charge in [-0.25, -0.2) is 23.2 Å². The second-order valence-corrected chi connectivity index (χ2v) is 10.4. The number of sulfonamides is 1. The first-order valence-electron chi connectivity index (χ1n) is 10.5. The highest BCUT2D eigenvalue weighted by Gasteiger charge is 2.38. The first-order valence-corrected chi connectivity index (χ1v) is 13.2. The molecule has 3 rings (SSSR count). The summed E-state index contributed by atoms with van der Waals surface area (Å²) in [4.78, 5) is 29.3. The van der Waals surface area contributed by atoms with Gasteiger partial charge in [-0.15, -0.1) is 0 Å². The zero-order valence-corrected chi connectivity index (χ0v) is 22.4.